The van der Waals surface area contributed by atoms with Gasteiger partial charge in [0.15, 0.2) is 11.6 Å². The lowest BCUT2D eigenvalue weighted by Crippen LogP contribution is -2.39. The average Bonchev–Trinajstić information content (AvgIpc) is 3.37. The Morgan fingerprint density at radius 1 is 1.26 bits per heavy atom. The van der Waals surface area contributed by atoms with E-state index in [4.69, 9.17) is 4.74 Å². The highest BCUT2D eigenvalue weighted by molar-refractivity contribution is 5.81. The number of pyridine rings is 1. The number of ether oxygens (including phenoxy) is 1. The molecule has 0 spiro atoms. The van der Waals surface area contributed by atoms with Crippen LogP contribution in [-0.4, -0.2) is 37.1 Å². The van der Waals surface area contributed by atoms with Crippen molar-refractivity contribution in [1.29, 1.82) is 0 Å². The number of rotatable bonds is 5. The molecule has 0 unspecified atom stereocenters. The molecule has 2 aliphatic rings. The van der Waals surface area contributed by atoms with Gasteiger partial charge in [0.1, 0.15) is 6.61 Å². The summed E-state index contributed by atoms with van der Waals surface area (Å²) >= 11 is 0. The lowest BCUT2D eigenvalue weighted by atomic mass is 10.3. The molecule has 2 aromatic rings. The number of carbonyl (C=O) groups excluding carboxylic acids is 1. The number of hydrogen-bond donors (Lipinski definition) is 0. The largest absolute Gasteiger partial charge is 0.369 e. The second kappa shape index (κ2) is 6.08. The fourth-order valence-corrected chi connectivity index (χ4v) is 2.84. The van der Waals surface area contributed by atoms with Crippen LogP contribution in [0.1, 0.15) is 30.1 Å². The summed E-state index contributed by atoms with van der Waals surface area (Å²) in [5.74, 6) is 2.20. The van der Waals surface area contributed by atoms with Gasteiger partial charge < -0.3 is 14.2 Å². The van der Waals surface area contributed by atoms with Crippen molar-refractivity contribution in [2.45, 2.75) is 39.1 Å². The second-order valence-electron chi connectivity index (χ2n) is 6.07. The molecular weight excluding hydrogens is 294 g/mol. The van der Waals surface area contributed by atoms with Crippen molar-refractivity contribution in [1.82, 2.24) is 24.6 Å². The summed E-state index contributed by atoms with van der Waals surface area (Å²) in [6.45, 7) is 2.95. The summed E-state index contributed by atoms with van der Waals surface area (Å²) in [4.78, 5) is 18.1. The van der Waals surface area contributed by atoms with E-state index >= 15 is 0 Å². The van der Waals surface area contributed by atoms with E-state index in [1.165, 1.54) is 0 Å². The van der Waals surface area contributed by atoms with Crippen molar-refractivity contribution in [3.63, 3.8) is 0 Å². The lowest BCUT2D eigenvalue weighted by molar-refractivity contribution is -0.134. The van der Waals surface area contributed by atoms with E-state index in [2.05, 4.69) is 19.7 Å². The zero-order chi connectivity index (χ0) is 15.6. The van der Waals surface area contributed by atoms with Crippen LogP contribution < -0.4 is 0 Å². The molecule has 0 radical (unpaired) electrons. The topological polar surface area (TPSA) is 73.1 Å². The van der Waals surface area contributed by atoms with Gasteiger partial charge in [-0.1, -0.05) is 6.07 Å². The Morgan fingerprint density at radius 2 is 2.17 bits per heavy atom. The maximum absolute atomic E-state index is 12.1. The van der Waals surface area contributed by atoms with Gasteiger partial charge in [-0.15, -0.1) is 10.2 Å². The van der Waals surface area contributed by atoms with Crippen LogP contribution >= 0.6 is 0 Å². The first-order valence-electron chi connectivity index (χ1n) is 7.97. The van der Waals surface area contributed by atoms with Gasteiger partial charge in [0.2, 0.25) is 5.91 Å². The summed E-state index contributed by atoms with van der Waals surface area (Å²) in [6, 6.07) is 3.87. The minimum atomic E-state index is 0.256. The van der Waals surface area contributed by atoms with Gasteiger partial charge in [-0.3, -0.25) is 9.78 Å². The maximum atomic E-state index is 12.1. The number of carbonyl (C=O) groups is 1. The third-order valence-electron chi connectivity index (χ3n) is 4.29. The van der Waals surface area contributed by atoms with Crippen molar-refractivity contribution >= 4 is 5.91 Å². The van der Waals surface area contributed by atoms with Crippen LogP contribution in [0.25, 0.3) is 0 Å². The Morgan fingerprint density at radius 3 is 2.96 bits per heavy atom. The van der Waals surface area contributed by atoms with Gasteiger partial charge in [-0.25, -0.2) is 0 Å². The number of nitrogens with zero attached hydrogens (tertiary/aromatic N) is 5. The minimum absolute atomic E-state index is 0.256. The van der Waals surface area contributed by atoms with Crippen molar-refractivity contribution in [3.05, 3.63) is 41.7 Å². The molecule has 1 aliphatic carbocycles. The molecule has 23 heavy (non-hydrogen) atoms. The molecular formula is C16H19N5O2. The summed E-state index contributed by atoms with van der Waals surface area (Å²) in [5.41, 5.74) is 1.03. The predicted molar refractivity (Wildman–Crippen MR) is 80.9 cm³/mol. The summed E-state index contributed by atoms with van der Waals surface area (Å²) in [5, 5.41) is 8.44. The van der Waals surface area contributed by atoms with Gasteiger partial charge in [0.25, 0.3) is 0 Å². The first-order valence-corrected chi connectivity index (χ1v) is 7.97. The van der Waals surface area contributed by atoms with E-state index in [0.717, 1.165) is 43.1 Å². The van der Waals surface area contributed by atoms with Crippen LogP contribution in [0.4, 0.5) is 0 Å². The summed E-state index contributed by atoms with van der Waals surface area (Å²) < 4.78 is 7.78. The molecule has 120 valence electrons. The Balaban J connectivity index is 1.36. The molecule has 7 heteroatoms. The number of amides is 1. The SMILES string of the molecule is O=C(C1CC1)N1CCn2c(COCc3cccnc3)nnc2C1. The number of fused-ring (bicyclic) bond motifs is 1. The van der Waals surface area contributed by atoms with Gasteiger partial charge in [0, 0.05) is 31.4 Å². The zero-order valence-corrected chi connectivity index (χ0v) is 12.9. The first kappa shape index (κ1) is 14.3. The molecule has 7 nitrogen and oxygen atoms in total. The van der Waals surface area contributed by atoms with Crippen LogP contribution in [0.5, 0.6) is 0 Å². The van der Waals surface area contributed by atoms with E-state index in [1.54, 1.807) is 12.4 Å². The smallest absolute Gasteiger partial charge is 0.226 e. The fourth-order valence-electron chi connectivity index (χ4n) is 2.84. The maximum Gasteiger partial charge on any atom is 0.226 e. The van der Waals surface area contributed by atoms with E-state index in [1.807, 2.05) is 17.0 Å². The van der Waals surface area contributed by atoms with Crippen molar-refractivity contribution in [2.75, 3.05) is 6.54 Å². The zero-order valence-electron chi connectivity index (χ0n) is 12.9. The molecule has 1 aliphatic heterocycles. The van der Waals surface area contributed by atoms with E-state index < -0.39 is 0 Å². The molecule has 0 aromatic carbocycles. The van der Waals surface area contributed by atoms with E-state index in [9.17, 15) is 4.79 Å². The Bertz CT molecular complexity index is 696. The molecule has 2 aromatic heterocycles. The first-order chi connectivity index (χ1) is 11.3. The highest BCUT2D eigenvalue weighted by Gasteiger charge is 2.35. The summed E-state index contributed by atoms with van der Waals surface area (Å²) in [7, 11) is 0. The van der Waals surface area contributed by atoms with Crippen LogP contribution in [0.3, 0.4) is 0 Å². The molecule has 1 saturated carbocycles. The predicted octanol–water partition coefficient (Wildman–Crippen LogP) is 1.14. The molecule has 1 fully saturated rings. The Hall–Kier alpha value is -2.28. The average molecular weight is 313 g/mol. The van der Waals surface area contributed by atoms with Crippen molar-refractivity contribution < 1.29 is 9.53 Å². The van der Waals surface area contributed by atoms with Gasteiger partial charge in [0.05, 0.1) is 13.2 Å². The third-order valence-corrected chi connectivity index (χ3v) is 4.29. The van der Waals surface area contributed by atoms with Crippen molar-refractivity contribution in [2.24, 2.45) is 5.92 Å². The Labute approximate surface area is 134 Å². The minimum Gasteiger partial charge on any atom is -0.369 e. The van der Waals surface area contributed by atoms with Gasteiger partial charge >= 0.3 is 0 Å². The van der Waals surface area contributed by atoms with Crippen molar-refractivity contribution in [3.8, 4) is 0 Å². The quantitative estimate of drug-likeness (QED) is 0.827. The van der Waals surface area contributed by atoms with Crippen LogP contribution in [0.2, 0.25) is 0 Å². The Kier molecular flexibility index (Phi) is 3.78. The normalized spacial score (nSPS) is 17.1. The van der Waals surface area contributed by atoms with Gasteiger partial charge in [-0.2, -0.15) is 0 Å². The summed E-state index contributed by atoms with van der Waals surface area (Å²) in [6.07, 6.45) is 5.61. The second-order valence-corrected chi connectivity index (χ2v) is 6.07. The fraction of sp³-hybridized carbons (Fsp3) is 0.500. The molecule has 0 saturated heterocycles. The highest BCUT2D eigenvalue weighted by atomic mass is 16.5. The highest BCUT2D eigenvalue weighted by Crippen LogP contribution is 2.32. The van der Waals surface area contributed by atoms with Crippen LogP contribution in [0.15, 0.2) is 24.5 Å². The van der Waals surface area contributed by atoms with Crippen LogP contribution in [-0.2, 0) is 35.8 Å². The van der Waals surface area contributed by atoms with Gasteiger partial charge in [-0.05, 0) is 24.5 Å². The number of hydrogen-bond acceptors (Lipinski definition) is 5. The monoisotopic (exact) mass is 313 g/mol. The van der Waals surface area contributed by atoms with Crippen LogP contribution in [0, 0.1) is 5.92 Å². The van der Waals surface area contributed by atoms with E-state index in [0.29, 0.717) is 19.8 Å². The molecule has 1 amide bonds. The van der Waals surface area contributed by atoms with E-state index in [-0.39, 0.29) is 11.8 Å². The molecule has 3 heterocycles. The molecule has 0 atom stereocenters. The molecule has 0 bridgehead atoms. The lowest BCUT2D eigenvalue weighted by Gasteiger charge is -2.27. The third kappa shape index (κ3) is 3.10. The number of aromatic nitrogens is 4. The standard InChI is InChI=1S/C16H19N5O2/c22-16(13-3-4-13)20-6-7-21-14(9-20)18-19-15(21)11-23-10-12-2-1-5-17-8-12/h1-2,5,8,13H,3-4,6-7,9-11H2. The molecule has 0 N–H and O–H groups in total. The molecule has 4 rings (SSSR count).